The summed E-state index contributed by atoms with van der Waals surface area (Å²) in [4.78, 5) is 16.9. The summed E-state index contributed by atoms with van der Waals surface area (Å²) in [6, 6.07) is 1.29. The molecule has 0 unspecified atom stereocenters. The number of nitrogens with one attached hydrogen (secondary N) is 3. The number of hydrogen-bond donors (Lipinski definition) is 3. The van der Waals surface area contributed by atoms with Gasteiger partial charge in [-0.05, 0) is 20.8 Å². The average Bonchev–Trinajstić information content (AvgIpc) is 2.76. The highest BCUT2D eigenvalue weighted by Gasteiger charge is 2.34. The molecule has 0 aliphatic carbocycles. The average molecular weight is 467 g/mol. The minimum atomic E-state index is -4.55. The minimum Gasteiger partial charge on any atom is -0.480 e. The molecule has 1 fully saturated rings. The molecule has 0 saturated carbocycles. The number of aromatic nitrogens is 3. The van der Waals surface area contributed by atoms with Gasteiger partial charge >= 0.3 is 6.18 Å². The monoisotopic (exact) mass is 467 g/mol. The van der Waals surface area contributed by atoms with Crippen LogP contribution >= 0.6 is 0 Å². The zero-order valence-corrected chi connectivity index (χ0v) is 19.0. The largest absolute Gasteiger partial charge is 0.480 e. The first-order chi connectivity index (χ1) is 15.5. The van der Waals surface area contributed by atoms with Crippen molar-refractivity contribution >= 4 is 23.2 Å². The highest BCUT2D eigenvalue weighted by atomic mass is 19.4. The van der Waals surface area contributed by atoms with Crippen LogP contribution in [0, 0.1) is 0 Å². The molecule has 0 amide bonds. The number of methoxy groups -OCH3 is 1. The van der Waals surface area contributed by atoms with Crippen molar-refractivity contribution in [1.29, 1.82) is 0 Å². The van der Waals surface area contributed by atoms with Gasteiger partial charge in [0.25, 0.3) is 0 Å². The summed E-state index contributed by atoms with van der Waals surface area (Å²) in [6.07, 6.45) is -1.10. The Bertz CT molecular complexity index is 954. The lowest BCUT2D eigenvalue weighted by atomic mass is 10.1. The summed E-state index contributed by atoms with van der Waals surface area (Å²) in [5.41, 5.74) is -0.892. The van der Waals surface area contributed by atoms with Crippen LogP contribution in [-0.2, 0) is 15.7 Å². The number of alkyl halides is 3. The van der Waals surface area contributed by atoms with Crippen molar-refractivity contribution in [2.75, 3.05) is 44.0 Å². The van der Waals surface area contributed by atoms with Crippen molar-refractivity contribution in [2.24, 2.45) is 4.99 Å². The fourth-order valence-corrected chi connectivity index (χ4v) is 3.02. The number of pyridine rings is 1. The molecule has 3 heterocycles. The number of morpholine rings is 1. The van der Waals surface area contributed by atoms with Gasteiger partial charge in [0.2, 0.25) is 5.90 Å². The Morgan fingerprint density at radius 2 is 1.94 bits per heavy atom. The van der Waals surface area contributed by atoms with Crippen molar-refractivity contribution in [3.63, 3.8) is 0 Å². The van der Waals surface area contributed by atoms with Gasteiger partial charge in [-0.15, -0.1) is 0 Å². The van der Waals surface area contributed by atoms with Gasteiger partial charge in [-0.3, -0.25) is 0 Å². The normalized spacial score (nSPS) is 17.5. The Hall–Kier alpha value is -2.99. The summed E-state index contributed by atoms with van der Waals surface area (Å²) in [5.74, 6) is 0.827. The lowest BCUT2D eigenvalue weighted by Gasteiger charge is -2.25. The van der Waals surface area contributed by atoms with E-state index in [9.17, 15) is 13.2 Å². The number of halogens is 3. The van der Waals surface area contributed by atoms with Gasteiger partial charge in [0.05, 0.1) is 49.0 Å². The van der Waals surface area contributed by atoms with E-state index in [1.165, 1.54) is 25.6 Å². The van der Waals surface area contributed by atoms with E-state index < -0.39 is 11.7 Å². The van der Waals surface area contributed by atoms with Crippen LogP contribution in [0.15, 0.2) is 29.6 Å². The van der Waals surface area contributed by atoms with Crippen LogP contribution in [-0.4, -0.2) is 65.8 Å². The predicted molar refractivity (Wildman–Crippen MR) is 119 cm³/mol. The Kier molecular flexibility index (Phi) is 7.69. The second-order valence-corrected chi connectivity index (χ2v) is 8.39. The molecular weight excluding hydrogens is 439 g/mol. The van der Waals surface area contributed by atoms with E-state index >= 15 is 0 Å². The molecule has 2 aromatic rings. The van der Waals surface area contributed by atoms with E-state index in [0.29, 0.717) is 30.6 Å². The molecule has 0 radical (unpaired) electrons. The van der Waals surface area contributed by atoms with Crippen LogP contribution in [0.2, 0.25) is 0 Å². The number of ether oxygens (including phenoxy) is 2. The first kappa shape index (κ1) is 24.6. The quantitative estimate of drug-likeness (QED) is 0.439. The summed E-state index contributed by atoms with van der Waals surface area (Å²) in [7, 11) is 1.49. The van der Waals surface area contributed by atoms with Gasteiger partial charge in [0.1, 0.15) is 17.3 Å². The Morgan fingerprint density at radius 3 is 2.52 bits per heavy atom. The molecular formula is C21H28F3N7O2. The lowest BCUT2D eigenvalue weighted by molar-refractivity contribution is -0.137. The molecule has 12 heteroatoms. The van der Waals surface area contributed by atoms with Gasteiger partial charge in [-0.25, -0.2) is 19.9 Å². The molecule has 0 bridgehead atoms. The molecule has 0 spiro atoms. The first-order valence-electron chi connectivity index (χ1n) is 10.4. The predicted octanol–water partition coefficient (Wildman–Crippen LogP) is 3.23. The van der Waals surface area contributed by atoms with Gasteiger partial charge in [0, 0.05) is 31.9 Å². The summed E-state index contributed by atoms with van der Waals surface area (Å²) < 4.78 is 51.2. The van der Waals surface area contributed by atoms with E-state index in [1.807, 2.05) is 20.8 Å². The highest BCUT2D eigenvalue weighted by Crippen LogP contribution is 2.35. The third-order valence-electron chi connectivity index (χ3n) is 4.49. The summed E-state index contributed by atoms with van der Waals surface area (Å²) in [6.45, 7) is 7.80. The molecule has 2 aromatic heterocycles. The summed E-state index contributed by atoms with van der Waals surface area (Å²) in [5, 5.41) is 8.86. The lowest BCUT2D eigenvalue weighted by Crippen LogP contribution is -2.42. The molecule has 1 saturated heterocycles. The number of rotatable bonds is 6. The van der Waals surface area contributed by atoms with Crippen molar-refractivity contribution < 1.29 is 22.6 Å². The molecule has 33 heavy (non-hydrogen) atoms. The maximum absolute atomic E-state index is 13.5. The number of anilines is 3. The number of nitrogens with zero attached hydrogens (tertiary/aromatic N) is 4. The zero-order chi connectivity index (χ0) is 24.1. The van der Waals surface area contributed by atoms with E-state index in [0.717, 1.165) is 12.7 Å². The molecule has 3 N–H and O–H groups in total. The minimum absolute atomic E-state index is 0.0993. The van der Waals surface area contributed by atoms with Crippen molar-refractivity contribution in [3.05, 3.63) is 35.9 Å². The third-order valence-corrected chi connectivity index (χ3v) is 4.49. The van der Waals surface area contributed by atoms with Crippen LogP contribution in [0.3, 0.4) is 0 Å². The van der Waals surface area contributed by atoms with Crippen LogP contribution in [0.1, 0.15) is 32.0 Å². The second-order valence-electron chi connectivity index (χ2n) is 8.39. The number of aliphatic imine (C=N–C) groups is 1. The van der Waals surface area contributed by atoms with Crippen molar-refractivity contribution in [3.8, 4) is 0 Å². The maximum Gasteiger partial charge on any atom is 0.419 e. The molecule has 9 nitrogen and oxygen atoms in total. The molecule has 3 rings (SSSR count). The van der Waals surface area contributed by atoms with Crippen LogP contribution in [0.25, 0.3) is 0 Å². The van der Waals surface area contributed by atoms with E-state index in [2.05, 4.69) is 35.9 Å². The molecule has 180 valence electrons. The molecule has 1 atom stereocenters. The highest BCUT2D eigenvalue weighted by molar-refractivity contribution is 5.92. The van der Waals surface area contributed by atoms with Gasteiger partial charge < -0.3 is 25.4 Å². The van der Waals surface area contributed by atoms with Gasteiger partial charge in [-0.2, -0.15) is 13.2 Å². The van der Waals surface area contributed by atoms with Crippen LogP contribution in [0.5, 0.6) is 0 Å². The van der Waals surface area contributed by atoms with Crippen LogP contribution in [0.4, 0.5) is 30.5 Å². The first-order valence-corrected chi connectivity index (χ1v) is 10.4. The summed E-state index contributed by atoms with van der Waals surface area (Å²) >= 11 is 0. The standard InChI is InChI=1S/C21H28F3N7O2/c1-20(2,3)31-19(32-4)16-11-29-18(12-27-16)30-17-7-15(14(10-28-17)21(22,23)24)26-9-13-8-25-5-6-33-13/h7,10-13,25H,5-6,8-9H2,1-4H3,(H2,26,28,29,30)/b31-19+/t13-/m1/s1. The van der Waals surface area contributed by atoms with E-state index in [-0.39, 0.29) is 29.7 Å². The maximum atomic E-state index is 13.5. The fraction of sp³-hybridized carbons (Fsp3) is 0.524. The SMILES string of the molecule is CO/C(=N/C(C)(C)C)c1cnc(Nc2cc(NC[C@H]3CNCCO3)c(C(F)(F)F)cn2)cn1. The molecule has 1 aliphatic rings. The van der Waals surface area contributed by atoms with Crippen molar-refractivity contribution in [2.45, 2.75) is 38.6 Å². The smallest absolute Gasteiger partial charge is 0.419 e. The second kappa shape index (κ2) is 10.3. The van der Waals surface area contributed by atoms with E-state index in [1.54, 1.807) is 0 Å². The fourth-order valence-electron chi connectivity index (χ4n) is 3.02. The zero-order valence-electron chi connectivity index (χ0n) is 19.0. The Balaban J connectivity index is 1.76. The van der Waals surface area contributed by atoms with Crippen LogP contribution < -0.4 is 16.0 Å². The number of hydrogen-bond acceptors (Lipinski definition) is 9. The van der Waals surface area contributed by atoms with Gasteiger partial charge in [-0.1, -0.05) is 0 Å². The molecule has 1 aliphatic heterocycles. The Morgan fingerprint density at radius 1 is 1.18 bits per heavy atom. The Labute approximate surface area is 190 Å². The van der Waals surface area contributed by atoms with Crippen molar-refractivity contribution in [1.82, 2.24) is 20.3 Å². The topological polar surface area (TPSA) is 106 Å². The third kappa shape index (κ3) is 7.26. The van der Waals surface area contributed by atoms with Gasteiger partial charge in [0.15, 0.2) is 0 Å². The van der Waals surface area contributed by atoms with E-state index in [4.69, 9.17) is 9.47 Å². The molecule has 0 aromatic carbocycles.